The van der Waals surface area contributed by atoms with Crippen LogP contribution in [0.25, 0.3) is 0 Å². The van der Waals surface area contributed by atoms with E-state index < -0.39 is 0 Å². The maximum Gasteiger partial charge on any atom is 0.0229 e. The summed E-state index contributed by atoms with van der Waals surface area (Å²) in [7, 11) is 4.54. The van der Waals surface area contributed by atoms with Crippen LogP contribution in [0.5, 0.6) is 0 Å². The summed E-state index contributed by atoms with van der Waals surface area (Å²) in [6.45, 7) is 6.30. The van der Waals surface area contributed by atoms with Gasteiger partial charge < -0.3 is 15.1 Å². The smallest absolute Gasteiger partial charge is 0.0229 e. The third-order valence-electron chi connectivity index (χ3n) is 4.04. The summed E-state index contributed by atoms with van der Waals surface area (Å²) in [5.74, 6) is 0.937. The third kappa shape index (κ3) is 3.16. The summed E-state index contributed by atoms with van der Waals surface area (Å²) >= 11 is 0. The fourth-order valence-corrected chi connectivity index (χ4v) is 2.82. The minimum atomic E-state index is 0.796. The van der Waals surface area contributed by atoms with Crippen molar-refractivity contribution in [3.8, 4) is 0 Å². The molecule has 1 atom stereocenters. The molecule has 0 amide bonds. The van der Waals surface area contributed by atoms with Gasteiger partial charge in [0.25, 0.3) is 0 Å². The van der Waals surface area contributed by atoms with Crippen LogP contribution in [0.1, 0.15) is 19.3 Å². The van der Waals surface area contributed by atoms with E-state index >= 15 is 0 Å². The highest BCUT2D eigenvalue weighted by Crippen LogP contribution is 2.18. The lowest BCUT2D eigenvalue weighted by Gasteiger charge is -2.33. The Labute approximate surface area is 93.8 Å². The zero-order valence-corrected chi connectivity index (χ0v) is 10.2. The van der Waals surface area contributed by atoms with Crippen LogP contribution in [-0.4, -0.2) is 62.7 Å². The molecule has 2 rings (SSSR count). The van der Waals surface area contributed by atoms with E-state index in [4.69, 9.17) is 0 Å². The highest BCUT2D eigenvalue weighted by Gasteiger charge is 2.23. The average molecular weight is 211 g/mol. The number of nitrogens with one attached hydrogen (secondary N) is 1. The van der Waals surface area contributed by atoms with Crippen molar-refractivity contribution in [3.05, 3.63) is 0 Å². The zero-order chi connectivity index (χ0) is 10.7. The largest absolute Gasteiger partial charge is 0.315 e. The summed E-state index contributed by atoms with van der Waals surface area (Å²) in [6, 6.07) is 0.796. The molecule has 1 N–H and O–H groups in total. The highest BCUT2D eigenvalue weighted by molar-refractivity contribution is 4.81. The van der Waals surface area contributed by atoms with Crippen molar-refractivity contribution in [3.63, 3.8) is 0 Å². The van der Waals surface area contributed by atoms with Crippen LogP contribution in [-0.2, 0) is 0 Å². The van der Waals surface area contributed by atoms with Gasteiger partial charge in [-0.3, -0.25) is 0 Å². The molecule has 3 nitrogen and oxygen atoms in total. The first kappa shape index (κ1) is 11.4. The van der Waals surface area contributed by atoms with Crippen LogP contribution >= 0.6 is 0 Å². The molecular formula is C12H25N3. The van der Waals surface area contributed by atoms with Crippen molar-refractivity contribution < 1.29 is 0 Å². The summed E-state index contributed by atoms with van der Waals surface area (Å²) in [5, 5.41) is 3.45. The Balaban J connectivity index is 1.71. The van der Waals surface area contributed by atoms with Crippen LogP contribution in [0.3, 0.4) is 0 Å². The number of rotatable bonds is 3. The molecule has 2 aliphatic heterocycles. The van der Waals surface area contributed by atoms with Gasteiger partial charge in [0, 0.05) is 19.1 Å². The van der Waals surface area contributed by atoms with Gasteiger partial charge in [0.15, 0.2) is 0 Å². The van der Waals surface area contributed by atoms with Crippen molar-refractivity contribution in [2.75, 3.05) is 46.8 Å². The van der Waals surface area contributed by atoms with Gasteiger partial charge in [0.05, 0.1) is 0 Å². The molecular weight excluding hydrogens is 186 g/mol. The van der Waals surface area contributed by atoms with Gasteiger partial charge in [-0.2, -0.15) is 0 Å². The van der Waals surface area contributed by atoms with Crippen LogP contribution < -0.4 is 5.32 Å². The minimum absolute atomic E-state index is 0.796. The van der Waals surface area contributed by atoms with Crippen molar-refractivity contribution in [2.24, 2.45) is 5.92 Å². The summed E-state index contributed by atoms with van der Waals surface area (Å²) < 4.78 is 0. The lowest BCUT2D eigenvalue weighted by molar-refractivity contribution is 0.155. The van der Waals surface area contributed by atoms with Crippen molar-refractivity contribution in [1.29, 1.82) is 0 Å². The number of hydrogen-bond donors (Lipinski definition) is 1. The van der Waals surface area contributed by atoms with Crippen LogP contribution in [0.4, 0.5) is 0 Å². The number of likely N-dealkylation sites (tertiary alicyclic amines) is 1. The lowest BCUT2D eigenvalue weighted by atomic mass is 9.96. The summed E-state index contributed by atoms with van der Waals surface area (Å²) in [6.07, 6.45) is 4.12. The Hall–Kier alpha value is -0.120. The molecule has 0 radical (unpaired) electrons. The molecule has 0 aliphatic carbocycles. The second-order valence-corrected chi connectivity index (χ2v) is 5.33. The van der Waals surface area contributed by atoms with E-state index in [0.717, 1.165) is 12.0 Å². The highest BCUT2D eigenvalue weighted by atomic mass is 15.2. The monoisotopic (exact) mass is 211 g/mol. The van der Waals surface area contributed by atoms with Crippen LogP contribution in [0, 0.1) is 5.92 Å². The van der Waals surface area contributed by atoms with Gasteiger partial charge in [0.1, 0.15) is 0 Å². The molecule has 0 aromatic carbocycles. The molecule has 0 saturated carbocycles. The van der Waals surface area contributed by atoms with E-state index in [0.29, 0.717) is 0 Å². The maximum absolute atomic E-state index is 3.45. The number of piperidine rings is 1. The topological polar surface area (TPSA) is 18.5 Å². The van der Waals surface area contributed by atoms with E-state index in [2.05, 4.69) is 29.2 Å². The maximum atomic E-state index is 3.45. The molecule has 2 aliphatic rings. The normalized spacial score (nSPS) is 30.2. The molecule has 0 spiro atoms. The fraction of sp³-hybridized carbons (Fsp3) is 1.00. The molecule has 2 saturated heterocycles. The summed E-state index contributed by atoms with van der Waals surface area (Å²) in [5.41, 5.74) is 0. The molecule has 0 bridgehead atoms. The molecule has 2 heterocycles. The number of nitrogens with zero attached hydrogens (tertiary/aromatic N) is 2. The molecule has 0 aromatic rings. The predicted molar refractivity (Wildman–Crippen MR) is 64.1 cm³/mol. The quantitative estimate of drug-likeness (QED) is 0.738. The Morgan fingerprint density at radius 3 is 2.60 bits per heavy atom. The number of likely N-dealkylation sites (N-methyl/N-ethyl adjacent to an activating group) is 1. The summed E-state index contributed by atoms with van der Waals surface area (Å²) in [4.78, 5) is 5.03. The SMILES string of the molecule is CN1CCC(CN(C)C2CCNC2)CC1. The standard InChI is InChI=1S/C12H25N3/c1-14-7-4-11(5-8-14)10-15(2)12-3-6-13-9-12/h11-13H,3-10H2,1-2H3. The molecule has 15 heavy (non-hydrogen) atoms. The molecule has 88 valence electrons. The first-order chi connectivity index (χ1) is 7.25. The average Bonchev–Trinajstić information content (AvgIpc) is 2.74. The lowest BCUT2D eigenvalue weighted by Crippen LogP contribution is -2.40. The molecule has 3 heteroatoms. The Kier molecular flexibility index (Phi) is 4.00. The Bertz CT molecular complexity index is 181. The van der Waals surface area contributed by atoms with Crippen LogP contribution in [0.2, 0.25) is 0 Å². The van der Waals surface area contributed by atoms with Gasteiger partial charge in [-0.25, -0.2) is 0 Å². The van der Waals surface area contributed by atoms with Gasteiger partial charge in [0.2, 0.25) is 0 Å². The van der Waals surface area contributed by atoms with E-state index in [-0.39, 0.29) is 0 Å². The van der Waals surface area contributed by atoms with Gasteiger partial charge in [-0.05, 0) is 58.9 Å². The van der Waals surface area contributed by atoms with E-state index in [1.807, 2.05) is 0 Å². The van der Waals surface area contributed by atoms with Gasteiger partial charge in [-0.1, -0.05) is 0 Å². The number of hydrogen-bond acceptors (Lipinski definition) is 3. The van der Waals surface area contributed by atoms with E-state index in [9.17, 15) is 0 Å². The van der Waals surface area contributed by atoms with Crippen LogP contribution in [0.15, 0.2) is 0 Å². The van der Waals surface area contributed by atoms with Crippen molar-refractivity contribution in [1.82, 2.24) is 15.1 Å². The third-order valence-corrected chi connectivity index (χ3v) is 4.04. The first-order valence-electron chi connectivity index (χ1n) is 6.35. The second kappa shape index (κ2) is 5.28. The van der Waals surface area contributed by atoms with Gasteiger partial charge >= 0.3 is 0 Å². The Morgan fingerprint density at radius 1 is 1.27 bits per heavy atom. The van der Waals surface area contributed by atoms with E-state index in [1.165, 1.54) is 52.0 Å². The fourth-order valence-electron chi connectivity index (χ4n) is 2.82. The molecule has 0 aromatic heterocycles. The zero-order valence-electron chi connectivity index (χ0n) is 10.2. The predicted octanol–water partition coefficient (Wildman–Crippen LogP) is 0.622. The van der Waals surface area contributed by atoms with Crippen molar-refractivity contribution >= 4 is 0 Å². The molecule has 1 unspecified atom stereocenters. The minimum Gasteiger partial charge on any atom is -0.315 e. The first-order valence-corrected chi connectivity index (χ1v) is 6.35. The second-order valence-electron chi connectivity index (χ2n) is 5.33. The van der Waals surface area contributed by atoms with E-state index in [1.54, 1.807) is 0 Å². The van der Waals surface area contributed by atoms with Gasteiger partial charge in [-0.15, -0.1) is 0 Å². The van der Waals surface area contributed by atoms with Crippen molar-refractivity contribution in [2.45, 2.75) is 25.3 Å². The Morgan fingerprint density at radius 2 is 2.00 bits per heavy atom. The molecule has 2 fully saturated rings.